The Balaban J connectivity index is 2.34. The predicted molar refractivity (Wildman–Crippen MR) is 44.9 cm³/mol. The topological polar surface area (TPSA) is 37.3 Å². The lowest BCUT2D eigenvalue weighted by Crippen LogP contribution is -2.11. The Morgan fingerprint density at radius 1 is 1.50 bits per heavy atom. The van der Waals surface area contributed by atoms with Crippen molar-refractivity contribution < 1.29 is 18.7 Å². The van der Waals surface area contributed by atoms with Crippen molar-refractivity contribution in [2.75, 3.05) is 0 Å². The van der Waals surface area contributed by atoms with Gasteiger partial charge in [-0.2, -0.15) is 0 Å². The van der Waals surface area contributed by atoms with E-state index in [0.717, 1.165) is 6.07 Å². The summed E-state index contributed by atoms with van der Waals surface area (Å²) in [6.07, 6.45) is -0.136. The van der Waals surface area contributed by atoms with E-state index in [1.54, 1.807) is 0 Å². The second-order valence-electron chi connectivity index (χ2n) is 3.44. The summed E-state index contributed by atoms with van der Waals surface area (Å²) >= 11 is 0. The molecular formula is C10H8F2O2. The van der Waals surface area contributed by atoms with E-state index in [1.165, 1.54) is 18.2 Å². The van der Waals surface area contributed by atoms with Crippen molar-refractivity contribution in [1.82, 2.24) is 0 Å². The average molecular weight is 198 g/mol. The van der Waals surface area contributed by atoms with Gasteiger partial charge in [0.05, 0.1) is 5.92 Å². The van der Waals surface area contributed by atoms with Gasteiger partial charge in [0.2, 0.25) is 0 Å². The summed E-state index contributed by atoms with van der Waals surface area (Å²) in [6, 6.07) is 5.36. The van der Waals surface area contributed by atoms with Gasteiger partial charge in [0.1, 0.15) is 5.82 Å². The zero-order chi connectivity index (χ0) is 10.3. The third-order valence-corrected chi connectivity index (χ3v) is 2.51. The average Bonchev–Trinajstić information content (AvgIpc) is 2.80. The number of halogens is 2. The lowest BCUT2D eigenvalue weighted by molar-refractivity contribution is -0.139. The van der Waals surface area contributed by atoms with Crippen molar-refractivity contribution in [3.05, 3.63) is 35.6 Å². The number of rotatable bonds is 2. The Kier molecular flexibility index (Phi) is 1.80. The fourth-order valence-electron chi connectivity index (χ4n) is 1.62. The number of carbonyl (C=O) groups is 1. The fourth-order valence-corrected chi connectivity index (χ4v) is 1.62. The minimum atomic E-state index is -2.00. The largest absolute Gasteiger partial charge is 0.481 e. The number of carboxylic acids is 1. The van der Waals surface area contributed by atoms with Crippen LogP contribution in [0.4, 0.5) is 8.78 Å². The second-order valence-corrected chi connectivity index (χ2v) is 3.44. The van der Waals surface area contributed by atoms with E-state index in [4.69, 9.17) is 5.11 Å². The first-order chi connectivity index (χ1) is 6.55. The van der Waals surface area contributed by atoms with E-state index in [9.17, 15) is 13.6 Å². The standard InChI is InChI=1S/C10H8F2O2/c11-8-4-2-1-3-6(8)10(12)5-7(10)9(13)14/h1-4,7H,5H2,(H,13,14)/t7-,10+/m1/s1. The smallest absolute Gasteiger partial charge is 0.310 e. The number of aliphatic carboxylic acids is 1. The van der Waals surface area contributed by atoms with Gasteiger partial charge in [0.15, 0.2) is 5.67 Å². The van der Waals surface area contributed by atoms with E-state index in [0.29, 0.717) is 0 Å². The maximum absolute atomic E-state index is 13.8. The van der Waals surface area contributed by atoms with E-state index in [2.05, 4.69) is 0 Å². The lowest BCUT2D eigenvalue weighted by Gasteiger charge is -2.06. The highest BCUT2D eigenvalue weighted by Gasteiger charge is 2.62. The Morgan fingerprint density at radius 2 is 2.14 bits per heavy atom. The second kappa shape index (κ2) is 2.77. The highest BCUT2D eigenvalue weighted by Crippen LogP contribution is 2.56. The summed E-state index contributed by atoms with van der Waals surface area (Å²) in [6.45, 7) is 0. The van der Waals surface area contributed by atoms with E-state index >= 15 is 0 Å². The van der Waals surface area contributed by atoms with Gasteiger partial charge >= 0.3 is 5.97 Å². The molecule has 0 heterocycles. The highest BCUT2D eigenvalue weighted by molar-refractivity contribution is 5.76. The minimum Gasteiger partial charge on any atom is -0.481 e. The Morgan fingerprint density at radius 3 is 2.64 bits per heavy atom. The molecule has 0 unspecified atom stereocenters. The molecule has 74 valence electrons. The van der Waals surface area contributed by atoms with Crippen molar-refractivity contribution in [1.29, 1.82) is 0 Å². The van der Waals surface area contributed by atoms with Gasteiger partial charge in [-0.15, -0.1) is 0 Å². The van der Waals surface area contributed by atoms with Crippen LogP contribution in [-0.4, -0.2) is 11.1 Å². The number of benzene rings is 1. The number of carboxylic acid groups (broad SMARTS) is 1. The first-order valence-electron chi connectivity index (χ1n) is 4.22. The Hall–Kier alpha value is -1.45. The fraction of sp³-hybridized carbons (Fsp3) is 0.300. The molecular weight excluding hydrogens is 190 g/mol. The van der Waals surface area contributed by atoms with Crippen molar-refractivity contribution in [3.63, 3.8) is 0 Å². The molecule has 1 aromatic carbocycles. The van der Waals surface area contributed by atoms with Crippen molar-refractivity contribution in [2.24, 2.45) is 5.92 Å². The molecule has 14 heavy (non-hydrogen) atoms. The van der Waals surface area contributed by atoms with E-state index < -0.39 is 23.4 Å². The summed E-state index contributed by atoms with van der Waals surface area (Å²) in [4.78, 5) is 10.5. The molecule has 1 aliphatic rings. The molecule has 0 amide bonds. The van der Waals surface area contributed by atoms with Gasteiger partial charge in [-0.05, 0) is 6.07 Å². The number of hydrogen-bond donors (Lipinski definition) is 1. The molecule has 1 fully saturated rings. The molecule has 1 saturated carbocycles. The quantitative estimate of drug-likeness (QED) is 0.790. The van der Waals surface area contributed by atoms with Gasteiger partial charge in [-0.1, -0.05) is 18.2 Å². The molecule has 0 radical (unpaired) electrons. The summed E-state index contributed by atoms with van der Waals surface area (Å²) in [7, 11) is 0. The van der Waals surface area contributed by atoms with Gasteiger partial charge in [-0.25, -0.2) is 8.78 Å². The van der Waals surface area contributed by atoms with Crippen LogP contribution in [0.1, 0.15) is 12.0 Å². The summed E-state index contributed by atoms with van der Waals surface area (Å²) in [5.74, 6) is -2.99. The molecule has 2 nitrogen and oxygen atoms in total. The summed E-state index contributed by atoms with van der Waals surface area (Å²) in [5.41, 5.74) is -2.15. The van der Waals surface area contributed by atoms with Crippen molar-refractivity contribution in [3.8, 4) is 0 Å². The molecule has 1 aliphatic carbocycles. The van der Waals surface area contributed by atoms with E-state index in [1.807, 2.05) is 0 Å². The van der Waals surface area contributed by atoms with Gasteiger partial charge < -0.3 is 5.11 Å². The Labute approximate surface area is 79.2 Å². The molecule has 0 bridgehead atoms. The summed E-state index contributed by atoms with van der Waals surface area (Å²) < 4.78 is 26.9. The molecule has 2 atom stereocenters. The molecule has 4 heteroatoms. The first-order valence-corrected chi connectivity index (χ1v) is 4.22. The van der Waals surface area contributed by atoms with Crippen molar-refractivity contribution >= 4 is 5.97 Å². The monoisotopic (exact) mass is 198 g/mol. The molecule has 1 aromatic rings. The molecule has 0 aromatic heterocycles. The SMILES string of the molecule is O=C(O)[C@H]1C[C@]1(F)c1ccccc1F. The highest BCUT2D eigenvalue weighted by atomic mass is 19.2. The van der Waals surface area contributed by atoms with Crippen LogP contribution in [0.3, 0.4) is 0 Å². The molecule has 0 spiro atoms. The number of hydrogen-bond acceptors (Lipinski definition) is 1. The summed E-state index contributed by atoms with van der Waals surface area (Å²) in [5, 5.41) is 8.58. The van der Waals surface area contributed by atoms with E-state index in [-0.39, 0.29) is 12.0 Å². The maximum Gasteiger partial charge on any atom is 0.310 e. The minimum absolute atomic E-state index is 0.136. The zero-order valence-corrected chi connectivity index (χ0v) is 7.21. The third-order valence-electron chi connectivity index (χ3n) is 2.51. The van der Waals surface area contributed by atoms with Crippen LogP contribution in [0, 0.1) is 11.7 Å². The van der Waals surface area contributed by atoms with Crippen LogP contribution in [0.25, 0.3) is 0 Å². The van der Waals surface area contributed by atoms with Crippen LogP contribution >= 0.6 is 0 Å². The van der Waals surface area contributed by atoms with Gasteiger partial charge in [0, 0.05) is 12.0 Å². The first kappa shape index (κ1) is 9.12. The normalized spacial score (nSPS) is 30.0. The van der Waals surface area contributed by atoms with Crippen molar-refractivity contribution in [2.45, 2.75) is 12.1 Å². The maximum atomic E-state index is 13.8. The van der Waals surface area contributed by atoms with Crippen LogP contribution in [0.2, 0.25) is 0 Å². The van der Waals surface area contributed by atoms with Gasteiger partial charge in [-0.3, -0.25) is 4.79 Å². The molecule has 1 N–H and O–H groups in total. The van der Waals surface area contributed by atoms with Crippen LogP contribution in [0.15, 0.2) is 24.3 Å². The molecule has 0 saturated heterocycles. The lowest BCUT2D eigenvalue weighted by atomic mass is 10.1. The van der Waals surface area contributed by atoms with Crippen LogP contribution in [0.5, 0.6) is 0 Å². The number of alkyl halides is 1. The van der Waals surface area contributed by atoms with Crippen LogP contribution in [-0.2, 0) is 10.5 Å². The van der Waals surface area contributed by atoms with Crippen LogP contribution < -0.4 is 0 Å². The molecule has 0 aliphatic heterocycles. The molecule has 2 rings (SSSR count). The zero-order valence-electron chi connectivity index (χ0n) is 7.21. The Bertz CT molecular complexity index is 391. The third kappa shape index (κ3) is 1.18. The predicted octanol–water partition coefficient (Wildman–Crippen LogP) is 2.09. The van der Waals surface area contributed by atoms with Gasteiger partial charge in [0.25, 0.3) is 0 Å².